The third kappa shape index (κ3) is 2.98. The molecule has 0 aliphatic heterocycles. The molecule has 1 aromatic carbocycles. The summed E-state index contributed by atoms with van der Waals surface area (Å²) >= 11 is 0. The number of nitriles is 1. The number of rotatable bonds is 2. The molecule has 0 atom stereocenters. The summed E-state index contributed by atoms with van der Waals surface area (Å²) in [5.41, 5.74) is 0.240. The molecule has 2 rings (SSSR count). The SMILES string of the molecule is Cc1cc(F)ccc1C(=O)NC1(C#N)CCC(C)CC1. The molecular weight excluding hydrogens is 255 g/mol. The first-order chi connectivity index (χ1) is 9.46. The molecular formula is C16H19FN2O. The summed E-state index contributed by atoms with van der Waals surface area (Å²) in [6.45, 7) is 3.85. The maximum atomic E-state index is 13.1. The van der Waals surface area contributed by atoms with Gasteiger partial charge in [-0.1, -0.05) is 6.92 Å². The van der Waals surface area contributed by atoms with Crippen molar-refractivity contribution in [1.82, 2.24) is 5.32 Å². The minimum Gasteiger partial charge on any atom is -0.334 e. The molecule has 4 heteroatoms. The van der Waals surface area contributed by atoms with E-state index in [0.717, 1.165) is 12.8 Å². The van der Waals surface area contributed by atoms with E-state index in [2.05, 4.69) is 18.3 Å². The van der Waals surface area contributed by atoms with Crippen molar-refractivity contribution in [3.05, 3.63) is 35.1 Å². The van der Waals surface area contributed by atoms with Crippen LogP contribution < -0.4 is 5.32 Å². The van der Waals surface area contributed by atoms with Crippen LogP contribution in [0.15, 0.2) is 18.2 Å². The van der Waals surface area contributed by atoms with Gasteiger partial charge in [-0.2, -0.15) is 5.26 Å². The third-order valence-electron chi connectivity index (χ3n) is 4.13. The minimum atomic E-state index is -0.773. The van der Waals surface area contributed by atoms with Gasteiger partial charge in [0.05, 0.1) is 6.07 Å². The number of nitrogens with one attached hydrogen (secondary N) is 1. The zero-order valence-electron chi connectivity index (χ0n) is 11.9. The van der Waals surface area contributed by atoms with E-state index in [1.807, 2.05) is 0 Å². The Labute approximate surface area is 118 Å². The van der Waals surface area contributed by atoms with Gasteiger partial charge >= 0.3 is 0 Å². The molecule has 1 saturated carbocycles. The Bertz CT molecular complexity index is 554. The number of carbonyl (C=O) groups is 1. The van der Waals surface area contributed by atoms with Crippen molar-refractivity contribution in [2.24, 2.45) is 5.92 Å². The molecule has 0 radical (unpaired) electrons. The Kier molecular flexibility index (Phi) is 4.08. The molecule has 1 aliphatic rings. The van der Waals surface area contributed by atoms with Crippen LogP contribution in [0.5, 0.6) is 0 Å². The highest BCUT2D eigenvalue weighted by Crippen LogP contribution is 2.31. The number of hydrogen-bond donors (Lipinski definition) is 1. The second-order valence-corrected chi connectivity index (χ2v) is 5.79. The van der Waals surface area contributed by atoms with Crippen LogP contribution in [-0.2, 0) is 0 Å². The van der Waals surface area contributed by atoms with E-state index >= 15 is 0 Å². The molecule has 0 heterocycles. The fourth-order valence-corrected chi connectivity index (χ4v) is 2.69. The first-order valence-corrected chi connectivity index (χ1v) is 6.96. The molecule has 1 fully saturated rings. The number of halogens is 1. The van der Waals surface area contributed by atoms with Gasteiger partial charge < -0.3 is 5.32 Å². The standard InChI is InChI=1S/C16H19FN2O/c1-11-5-7-16(10-18,8-6-11)19-15(20)14-4-3-13(17)9-12(14)2/h3-4,9,11H,5-8H2,1-2H3,(H,19,20). The summed E-state index contributed by atoms with van der Waals surface area (Å²) < 4.78 is 13.1. The summed E-state index contributed by atoms with van der Waals surface area (Å²) in [5.74, 6) is -0.0555. The molecule has 0 bridgehead atoms. The van der Waals surface area contributed by atoms with Crippen LogP contribution >= 0.6 is 0 Å². The zero-order chi connectivity index (χ0) is 14.8. The first kappa shape index (κ1) is 14.5. The van der Waals surface area contributed by atoms with Crippen molar-refractivity contribution >= 4 is 5.91 Å². The fraction of sp³-hybridized carbons (Fsp3) is 0.500. The van der Waals surface area contributed by atoms with Gasteiger partial charge in [0, 0.05) is 5.56 Å². The molecule has 0 spiro atoms. The molecule has 1 aliphatic carbocycles. The average Bonchev–Trinajstić information content (AvgIpc) is 2.41. The lowest BCUT2D eigenvalue weighted by Gasteiger charge is -2.34. The van der Waals surface area contributed by atoms with E-state index < -0.39 is 5.54 Å². The van der Waals surface area contributed by atoms with Crippen molar-refractivity contribution < 1.29 is 9.18 Å². The van der Waals surface area contributed by atoms with Gasteiger partial charge in [0.1, 0.15) is 11.4 Å². The van der Waals surface area contributed by atoms with E-state index in [-0.39, 0.29) is 11.7 Å². The average molecular weight is 274 g/mol. The molecule has 106 valence electrons. The topological polar surface area (TPSA) is 52.9 Å². The van der Waals surface area contributed by atoms with Crippen LogP contribution in [0, 0.1) is 30.0 Å². The Hall–Kier alpha value is -1.89. The fourth-order valence-electron chi connectivity index (χ4n) is 2.69. The zero-order valence-corrected chi connectivity index (χ0v) is 11.9. The smallest absolute Gasteiger partial charge is 0.252 e. The summed E-state index contributed by atoms with van der Waals surface area (Å²) in [4.78, 5) is 12.3. The van der Waals surface area contributed by atoms with Crippen LogP contribution in [0.1, 0.15) is 48.5 Å². The molecule has 1 N–H and O–H groups in total. The van der Waals surface area contributed by atoms with Gasteiger partial charge in [-0.3, -0.25) is 4.79 Å². The van der Waals surface area contributed by atoms with E-state index in [1.165, 1.54) is 18.2 Å². The predicted molar refractivity (Wildman–Crippen MR) is 74.6 cm³/mol. The van der Waals surface area contributed by atoms with Gasteiger partial charge in [0.15, 0.2) is 0 Å². The van der Waals surface area contributed by atoms with Gasteiger partial charge in [-0.05, 0) is 62.3 Å². The highest BCUT2D eigenvalue weighted by atomic mass is 19.1. The summed E-state index contributed by atoms with van der Waals surface area (Å²) in [6.07, 6.45) is 3.24. The van der Waals surface area contributed by atoms with Crippen LogP contribution in [-0.4, -0.2) is 11.4 Å². The van der Waals surface area contributed by atoms with Crippen molar-refractivity contribution in [2.45, 2.75) is 45.1 Å². The van der Waals surface area contributed by atoms with Gasteiger partial charge in [0.2, 0.25) is 0 Å². The van der Waals surface area contributed by atoms with Crippen molar-refractivity contribution in [3.8, 4) is 6.07 Å². The number of hydrogen-bond acceptors (Lipinski definition) is 2. The monoisotopic (exact) mass is 274 g/mol. The van der Waals surface area contributed by atoms with Crippen LogP contribution in [0.25, 0.3) is 0 Å². The summed E-state index contributed by atoms with van der Waals surface area (Å²) in [7, 11) is 0. The van der Waals surface area contributed by atoms with E-state index in [1.54, 1.807) is 6.92 Å². The Balaban J connectivity index is 2.16. The quantitative estimate of drug-likeness (QED) is 0.899. The van der Waals surface area contributed by atoms with Gasteiger partial charge in [-0.15, -0.1) is 0 Å². The van der Waals surface area contributed by atoms with Gasteiger partial charge in [0.25, 0.3) is 5.91 Å². The molecule has 0 saturated heterocycles. The predicted octanol–water partition coefficient (Wildman–Crippen LogP) is 3.34. The number of carbonyl (C=O) groups excluding carboxylic acids is 1. The number of aryl methyl sites for hydroxylation is 1. The normalized spacial score (nSPS) is 25.8. The Morgan fingerprint density at radius 1 is 1.45 bits per heavy atom. The summed E-state index contributed by atoms with van der Waals surface area (Å²) in [5, 5.41) is 12.3. The molecule has 1 aromatic rings. The third-order valence-corrected chi connectivity index (χ3v) is 4.13. The van der Waals surface area contributed by atoms with Crippen molar-refractivity contribution in [2.75, 3.05) is 0 Å². The molecule has 3 nitrogen and oxygen atoms in total. The van der Waals surface area contributed by atoms with E-state index in [0.29, 0.717) is 29.9 Å². The summed E-state index contributed by atoms with van der Waals surface area (Å²) in [6, 6.07) is 6.33. The Morgan fingerprint density at radius 2 is 2.10 bits per heavy atom. The van der Waals surface area contributed by atoms with Crippen molar-refractivity contribution in [1.29, 1.82) is 5.26 Å². The first-order valence-electron chi connectivity index (χ1n) is 6.96. The second-order valence-electron chi connectivity index (χ2n) is 5.79. The second kappa shape index (κ2) is 5.62. The molecule has 20 heavy (non-hydrogen) atoms. The maximum Gasteiger partial charge on any atom is 0.252 e. The Morgan fingerprint density at radius 3 is 2.65 bits per heavy atom. The van der Waals surface area contributed by atoms with Crippen molar-refractivity contribution in [3.63, 3.8) is 0 Å². The highest BCUT2D eigenvalue weighted by Gasteiger charge is 2.36. The number of amides is 1. The van der Waals surface area contributed by atoms with Crippen LogP contribution in [0.3, 0.4) is 0 Å². The lowest BCUT2D eigenvalue weighted by molar-refractivity contribution is 0.0893. The highest BCUT2D eigenvalue weighted by molar-refractivity contribution is 5.96. The van der Waals surface area contributed by atoms with E-state index in [4.69, 9.17) is 0 Å². The van der Waals surface area contributed by atoms with Crippen LogP contribution in [0.4, 0.5) is 4.39 Å². The largest absolute Gasteiger partial charge is 0.334 e. The van der Waals surface area contributed by atoms with Gasteiger partial charge in [-0.25, -0.2) is 4.39 Å². The molecule has 0 unspecified atom stereocenters. The number of nitrogens with zero attached hydrogens (tertiary/aromatic N) is 1. The maximum absolute atomic E-state index is 13.1. The van der Waals surface area contributed by atoms with Crippen LogP contribution in [0.2, 0.25) is 0 Å². The lowest BCUT2D eigenvalue weighted by atomic mass is 9.78. The lowest BCUT2D eigenvalue weighted by Crippen LogP contribution is -2.49. The number of benzene rings is 1. The molecule has 0 aromatic heterocycles. The minimum absolute atomic E-state index is 0.293. The molecule has 1 amide bonds. The van der Waals surface area contributed by atoms with E-state index in [9.17, 15) is 14.4 Å².